The lowest BCUT2D eigenvalue weighted by Gasteiger charge is -2.16. The Morgan fingerprint density at radius 2 is 1.90 bits per heavy atom. The van der Waals surface area contributed by atoms with Crippen molar-refractivity contribution in [2.45, 2.75) is 6.54 Å². The molecule has 20 heavy (non-hydrogen) atoms. The summed E-state index contributed by atoms with van der Waals surface area (Å²) in [6.45, 7) is 0.938. The molecule has 0 N–H and O–H groups in total. The minimum Gasteiger partial charge on any atom is -0.295 e. The van der Waals surface area contributed by atoms with Gasteiger partial charge in [-0.2, -0.15) is 0 Å². The van der Waals surface area contributed by atoms with E-state index in [1.807, 2.05) is 30.1 Å². The van der Waals surface area contributed by atoms with Gasteiger partial charge in [-0.25, -0.2) is 4.39 Å². The van der Waals surface area contributed by atoms with Crippen LogP contribution in [0.1, 0.15) is 15.9 Å². The Kier molecular flexibility index (Phi) is 5.04. The molecule has 0 amide bonds. The monoisotopic (exact) mass is 335 g/mol. The fraction of sp³-hybridized carbons (Fsp3) is 0.188. The molecular weight excluding hydrogens is 321 g/mol. The number of Topliss-reactive ketones (excluding diaryl/α,β-unsaturated/α-hetero) is 1. The lowest BCUT2D eigenvalue weighted by Crippen LogP contribution is -2.25. The minimum atomic E-state index is -0.249. The predicted molar refractivity (Wildman–Crippen MR) is 81.2 cm³/mol. The first kappa shape index (κ1) is 14.9. The van der Waals surface area contributed by atoms with E-state index in [0.717, 1.165) is 10.0 Å². The second kappa shape index (κ2) is 6.77. The highest BCUT2D eigenvalue weighted by Crippen LogP contribution is 2.13. The molecule has 4 heteroatoms. The van der Waals surface area contributed by atoms with Gasteiger partial charge in [0.15, 0.2) is 5.78 Å². The van der Waals surface area contributed by atoms with Gasteiger partial charge in [0.25, 0.3) is 0 Å². The summed E-state index contributed by atoms with van der Waals surface area (Å²) in [7, 11) is 1.87. The van der Waals surface area contributed by atoms with Gasteiger partial charge in [0, 0.05) is 16.6 Å². The van der Waals surface area contributed by atoms with Gasteiger partial charge in [-0.15, -0.1) is 0 Å². The molecule has 2 nitrogen and oxygen atoms in total. The first-order valence-electron chi connectivity index (χ1n) is 6.26. The van der Waals surface area contributed by atoms with E-state index in [4.69, 9.17) is 0 Å². The molecule has 0 aliphatic heterocycles. The quantitative estimate of drug-likeness (QED) is 0.772. The second-order valence-electron chi connectivity index (χ2n) is 4.73. The van der Waals surface area contributed by atoms with Crippen molar-refractivity contribution >= 4 is 21.7 Å². The summed E-state index contributed by atoms with van der Waals surface area (Å²) >= 11 is 3.36. The molecule has 2 aromatic rings. The van der Waals surface area contributed by atoms with Gasteiger partial charge in [0.05, 0.1) is 6.54 Å². The number of carbonyl (C=O) groups excluding carboxylic acids is 1. The zero-order valence-corrected chi connectivity index (χ0v) is 12.7. The molecule has 0 fully saturated rings. The van der Waals surface area contributed by atoms with Crippen molar-refractivity contribution in [3.8, 4) is 0 Å². The first-order chi connectivity index (χ1) is 9.54. The molecule has 0 atom stereocenters. The van der Waals surface area contributed by atoms with Crippen molar-refractivity contribution in [2.75, 3.05) is 13.6 Å². The molecule has 0 aliphatic rings. The van der Waals surface area contributed by atoms with Crippen LogP contribution in [0.25, 0.3) is 0 Å². The van der Waals surface area contributed by atoms with Gasteiger partial charge in [0.2, 0.25) is 0 Å². The molecule has 0 bridgehead atoms. The number of halogens is 2. The summed E-state index contributed by atoms with van der Waals surface area (Å²) in [6, 6.07) is 13.7. The topological polar surface area (TPSA) is 20.3 Å². The zero-order valence-electron chi connectivity index (χ0n) is 11.1. The largest absolute Gasteiger partial charge is 0.295 e. The standard InChI is InChI=1S/C16H15BrFNO/c1-19(10-12-5-7-15(18)8-6-12)11-16(20)13-3-2-4-14(17)9-13/h2-9H,10-11H2,1H3. The number of rotatable bonds is 5. The third-order valence-electron chi connectivity index (χ3n) is 2.93. The van der Waals surface area contributed by atoms with Crippen LogP contribution < -0.4 is 0 Å². The summed E-state index contributed by atoms with van der Waals surface area (Å²) in [6.07, 6.45) is 0. The van der Waals surface area contributed by atoms with E-state index in [2.05, 4.69) is 15.9 Å². The van der Waals surface area contributed by atoms with Crippen LogP contribution in [0.15, 0.2) is 53.0 Å². The SMILES string of the molecule is CN(CC(=O)c1cccc(Br)c1)Cc1ccc(F)cc1. The van der Waals surface area contributed by atoms with Gasteiger partial charge >= 0.3 is 0 Å². The van der Waals surface area contributed by atoms with Crippen LogP contribution >= 0.6 is 15.9 Å². The van der Waals surface area contributed by atoms with Crippen molar-refractivity contribution in [2.24, 2.45) is 0 Å². The van der Waals surface area contributed by atoms with Gasteiger partial charge in [-0.1, -0.05) is 40.2 Å². The molecule has 0 unspecified atom stereocenters. The highest BCUT2D eigenvalue weighted by molar-refractivity contribution is 9.10. The molecule has 2 aromatic carbocycles. The van der Waals surface area contributed by atoms with E-state index in [1.54, 1.807) is 18.2 Å². The average molecular weight is 336 g/mol. The average Bonchev–Trinajstić information content (AvgIpc) is 2.41. The van der Waals surface area contributed by atoms with Crippen LogP contribution in [-0.4, -0.2) is 24.3 Å². The Hall–Kier alpha value is -1.52. The summed E-state index contributed by atoms with van der Waals surface area (Å²) in [5.41, 5.74) is 1.67. The van der Waals surface area contributed by atoms with Crippen molar-refractivity contribution in [1.29, 1.82) is 0 Å². The highest BCUT2D eigenvalue weighted by Gasteiger charge is 2.10. The van der Waals surface area contributed by atoms with Crippen LogP contribution in [0.5, 0.6) is 0 Å². The molecule has 0 spiro atoms. The van der Waals surface area contributed by atoms with E-state index in [9.17, 15) is 9.18 Å². The van der Waals surface area contributed by atoms with Gasteiger partial charge < -0.3 is 0 Å². The molecule has 2 rings (SSSR count). The van der Waals surface area contributed by atoms with Crippen LogP contribution in [0.3, 0.4) is 0 Å². The Bertz CT molecular complexity index is 598. The van der Waals surface area contributed by atoms with Gasteiger partial charge in [-0.3, -0.25) is 9.69 Å². The Morgan fingerprint density at radius 1 is 1.20 bits per heavy atom. The van der Waals surface area contributed by atoms with Crippen molar-refractivity contribution in [3.05, 3.63) is 69.9 Å². The highest BCUT2D eigenvalue weighted by atomic mass is 79.9. The summed E-state index contributed by atoms with van der Waals surface area (Å²) in [5, 5.41) is 0. The van der Waals surface area contributed by atoms with Crippen LogP contribution in [-0.2, 0) is 6.54 Å². The Labute approximate surface area is 126 Å². The third-order valence-corrected chi connectivity index (χ3v) is 3.42. The van der Waals surface area contributed by atoms with Crippen LogP contribution in [0.2, 0.25) is 0 Å². The predicted octanol–water partition coefficient (Wildman–Crippen LogP) is 3.90. The van der Waals surface area contributed by atoms with E-state index >= 15 is 0 Å². The number of benzene rings is 2. The summed E-state index contributed by atoms with van der Waals surface area (Å²) in [5.74, 6) is -0.183. The Morgan fingerprint density at radius 3 is 2.55 bits per heavy atom. The maximum atomic E-state index is 12.8. The first-order valence-corrected chi connectivity index (χ1v) is 7.05. The molecular formula is C16H15BrFNO. The lowest BCUT2D eigenvalue weighted by atomic mass is 10.1. The maximum Gasteiger partial charge on any atom is 0.176 e. The molecule has 0 heterocycles. The number of likely N-dealkylation sites (N-methyl/N-ethyl adjacent to an activating group) is 1. The maximum absolute atomic E-state index is 12.8. The zero-order chi connectivity index (χ0) is 14.5. The number of carbonyl (C=O) groups is 1. The molecule has 0 saturated heterocycles. The fourth-order valence-corrected chi connectivity index (χ4v) is 2.35. The Balaban J connectivity index is 1.95. The second-order valence-corrected chi connectivity index (χ2v) is 5.65. The van der Waals surface area contributed by atoms with Crippen LogP contribution in [0, 0.1) is 5.82 Å². The van der Waals surface area contributed by atoms with Gasteiger partial charge in [0.1, 0.15) is 5.82 Å². The molecule has 0 aliphatic carbocycles. The van der Waals surface area contributed by atoms with Crippen molar-refractivity contribution in [3.63, 3.8) is 0 Å². The van der Waals surface area contributed by atoms with Crippen molar-refractivity contribution < 1.29 is 9.18 Å². The van der Waals surface area contributed by atoms with E-state index in [-0.39, 0.29) is 11.6 Å². The van der Waals surface area contributed by atoms with E-state index in [1.165, 1.54) is 12.1 Å². The molecule has 0 aromatic heterocycles. The number of hydrogen-bond donors (Lipinski definition) is 0. The molecule has 104 valence electrons. The molecule has 0 radical (unpaired) electrons. The minimum absolute atomic E-state index is 0.0657. The smallest absolute Gasteiger partial charge is 0.176 e. The van der Waals surface area contributed by atoms with Gasteiger partial charge in [-0.05, 0) is 36.9 Å². The van der Waals surface area contributed by atoms with Crippen LogP contribution in [0.4, 0.5) is 4.39 Å². The van der Waals surface area contributed by atoms with Crippen molar-refractivity contribution in [1.82, 2.24) is 4.90 Å². The summed E-state index contributed by atoms with van der Waals surface area (Å²) < 4.78 is 13.7. The number of hydrogen-bond acceptors (Lipinski definition) is 2. The van der Waals surface area contributed by atoms with E-state index < -0.39 is 0 Å². The number of nitrogens with zero attached hydrogens (tertiary/aromatic N) is 1. The number of ketones is 1. The normalized spacial score (nSPS) is 10.8. The molecule has 0 saturated carbocycles. The summed E-state index contributed by atoms with van der Waals surface area (Å²) in [4.78, 5) is 14.0. The fourth-order valence-electron chi connectivity index (χ4n) is 1.96. The lowest BCUT2D eigenvalue weighted by molar-refractivity contribution is 0.0943. The van der Waals surface area contributed by atoms with E-state index in [0.29, 0.717) is 18.7 Å². The third kappa shape index (κ3) is 4.25.